The molecular weight excluding hydrogens is 320 g/mol. The minimum absolute atomic E-state index is 0.0728. The first-order chi connectivity index (χ1) is 11.9. The van der Waals surface area contributed by atoms with Gasteiger partial charge in [0, 0.05) is 39.1 Å². The normalized spacial score (nSPS) is 21.4. The van der Waals surface area contributed by atoms with Gasteiger partial charge < -0.3 is 10.2 Å². The predicted molar refractivity (Wildman–Crippen MR) is 96.0 cm³/mol. The lowest BCUT2D eigenvalue weighted by Gasteiger charge is -2.38. The molecule has 2 fully saturated rings. The fraction of sp³-hybridized carbons (Fsp3) is 0.833. The van der Waals surface area contributed by atoms with Gasteiger partial charge in [0.05, 0.1) is 6.04 Å². The van der Waals surface area contributed by atoms with Crippen molar-refractivity contribution in [2.24, 2.45) is 0 Å². The van der Waals surface area contributed by atoms with E-state index in [4.69, 9.17) is 0 Å². The number of carbonyl (C=O) groups excluding carboxylic acids is 3. The maximum Gasteiger partial charge on any atom is 0.321 e. The molecule has 4 amide bonds. The zero-order chi connectivity index (χ0) is 18.4. The highest BCUT2D eigenvalue weighted by Crippen LogP contribution is 2.18. The molecule has 1 aliphatic carbocycles. The number of piperidine rings is 1. The summed E-state index contributed by atoms with van der Waals surface area (Å²) >= 11 is 0. The Balaban J connectivity index is 1.74. The van der Waals surface area contributed by atoms with E-state index in [2.05, 4.69) is 15.5 Å². The third-order valence-corrected chi connectivity index (χ3v) is 5.65. The van der Waals surface area contributed by atoms with Crippen LogP contribution in [0.2, 0.25) is 0 Å². The van der Waals surface area contributed by atoms with Gasteiger partial charge in [0.15, 0.2) is 0 Å². The van der Waals surface area contributed by atoms with Gasteiger partial charge in [0.1, 0.15) is 0 Å². The Bertz CT molecular complexity index is 483. The van der Waals surface area contributed by atoms with Crippen molar-refractivity contribution in [1.82, 2.24) is 20.4 Å². The molecule has 0 aromatic rings. The summed E-state index contributed by atoms with van der Waals surface area (Å²) in [6, 6.07) is -0.302. The van der Waals surface area contributed by atoms with Gasteiger partial charge in [-0.25, -0.2) is 4.79 Å². The number of urea groups is 1. The summed E-state index contributed by atoms with van der Waals surface area (Å²) in [6.07, 6.45) is 7.19. The standard InChI is InChI=1S/C18H32N4O3/c1-13(22-11-9-16(10-12-22)21(3)14(2)23)17(24)20-18(25)19-15-7-5-4-6-8-15/h13,15-16H,4-12H2,1-3H3,(H2,19,20,24,25). The molecule has 25 heavy (non-hydrogen) atoms. The lowest BCUT2D eigenvalue weighted by Crippen LogP contribution is -2.54. The predicted octanol–water partition coefficient (Wildman–Crippen LogP) is 1.48. The Morgan fingerprint density at radius 1 is 1.04 bits per heavy atom. The summed E-state index contributed by atoms with van der Waals surface area (Å²) in [5, 5.41) is 5.39. The summed E-state index contributed by atoms with van der Waals surface area (Å²) < 4.78 is 0. The molecule has 2 rings (SSSR count). The van der Waals surface area contributed by atoms with Gasteiger partial charge in [0.2, 0.25) is 11.8 Å². The van der Waals surface area contributed by atoms with Crippen LogP contribution in [-0.2, 0) is 9.59 Å². The molecule has 1 aliphatic heterocycles. The third-order valence-electron chi connectivity index (χ3n) is 5.65. The van der Waals surface area contributed by atoms with Gasteiger partial charge in [-0.05, 0) is 32.6 Å². The minimum atomic E-state index is -0.380. The van der Waals surface area contributed by atoms with E-state index in [0.29, 0.717) is 0 Å². The van der Waals surface area contributed by atoms with Crippen molar-refractivity contribution in [2.75, 3.05) is 20.1 Å². The second kappa shape index (κ2) is 9.17. The topological polar surface area (TPSA) is 81.8 Å². The molecule has 0 radical (unpaired) electrons. The molecule has 1 unspecified atom stereocenters. The van der Waals surface area contributed by atoms with E-state index in [1.165, 1.54) is 6.42 Å². The maximum absolute atomic E-state index is 12.3. The van der Waals surface area contributed by atoms with Crippen LogP contribution in [0, 0.1) is 0 Å². The molecule has 2 aliphatic rings. The van der Waals surface area contributed by atoms with Crippen molar-refractivity contribution in [3.63, 3.8) is 0 Å². The fourth-order valence-electron chi connectivity index (χ4n) is 3.77. The molecule has 1 saturated carbocycles. The lowest BCUT2D eigenvalue weighted by molar-refractivity contribution is -0.131. The van der Waals surface area contributed by atoms with Gasteiger partial charge in [-0.15, -0.1) is 0 Å². The molecule has 2 N–H and O–H groups in total. The minimum Gasteiger partial charge on any atom is -0.343 e. The highest BCUT2D eigenvalue weighted by molar-refractivity contribution is 5.96. The van der Waals surface area contributed by atoms with E-state index in [1.54, 1.807) is 11.8 Å². The largest absolute Gasteiger partial charge is 0.343 e. The summed E-state index contributed by atoms with van der Waals surface area (Å²) in [7, 11) is 1.83. The van der Waals surface area contributed by atoms with Crippen molar-refractivity contribution >= 4 is 17.8 Å². The van der Waals surface area contributed by atoms with Crippen molar-refractivity contribution in [3.05, 3.63) is 0 Å². The van der Waals surface area contributed by atoms with Crippen LogP contribution in [0.25, 0.3) is 0 Å². The number of likely N-dealkylation sites (tertiary alicyclic amines) is 1. The molecule has 1 atom stereocenters. The molecule has 142 valence electrons. The van der Waals surface area contributed by atoms with Gasteiger partial charge in [-0.1, -0.05) is 19.3 Å². The van der Waals surface area contributed by atoms with Crippen molar-refractivity contribution < 1.29 is 14.4 Å². The smallest absolute Gasteiger partial charge is 0.321 e. The number of imide groups is 1. The Kier molecular flexibility index (Phi) is 7.23. The van der Waals surface area contributed by atoms with E-state index in [9.17, 15) is 14.4 Å². The SMILES string of the molecule is CC(=O)N(C)C1CCN(C(C)C(=O)NC(=O)NC2CCCCC2)CC1. The first kappa shape index (κ1) is 19.7. The summed E-state index contributed by atoms with van der Waals surface area (Å²) in [6.45, 7) is 4.91. The van der Waals surface area contributed by atoms with Crippen LogP contribution < -0.4 is 10.6 Å². The molecule has 0 spiro atoms. The number of carbonyl (C=O) groups is 3. The van der Waals surface area contributed by atoms with Gasteiger partial charge in [-0.3, -0.25) is 19.8 Å². The fourth-order valence-corrected chi connectivity index (χ4v) is 3.77. The molecule has 1 saturated heterocycles. The molecule has 7 heteroatoms. The van der Waals surface area contributed by atoms with Gasteiger partial charge in [-0.2, -0.15) is 0 Å². The summed E-state index contributed by atoms with van der Waals surface area (Å²) in [5.41, 5.74) is 0. The average Bonchev–Trinajstić information content (AvgIpc) is 2.61. The van der Waals surface area contributed by atoms with Gasteiger partial charge in [0.25, 0.3) is 0 Å². The number of hydrogen-bond acceptors (Lipinski definition) is 4. The van der Waals surface area contributed by atoms with Crippen LogP contribution in [0.15, 0.2) is 0 Å². The highest BCUT2D eigenvalue weighted by Gasteiger charge is 2.29. The monoisotopic (exact) mass is 352 g/mol. The number of hydrogen-bond donors (Lipinski definition) is 2. The Morgan fingerprint density at radius 2 is 1.64 bits per heavy atom. The third kappa shape index (κ3) is 5.70. The van der Waals surface area contributed by atoms with Crippen LogP contribution in [-0.4, -0.2) is 65.9 Å². The highest BCUT2D eigenvalue weighted by atomic mass is 16.2. The molecule has 7 nitrogen and oxygen atoms in total. The van der Waals surface area contributed by atoms with Gasteiger partial charge >= 0.3 is 6.03 Å². The maximum atomic E-state index is 12.3. The van der Waals surface area contributed by atoms with Crippen LogP contribution in [0.5, 0.6) is 0 Å². The summed E-state index contributed by atoms with van der Waals surface area (Å²) in [5.74, 6) is -0.185. The van der Waals surface area contributed by atoms with Crippen molar-refractivity contribution in [1.29, 1.82) is 0 Å². The Labute approximate surface area is 150 Å². The van der Waals surface area contributed by atoms with Crippen molar-refractivity contribution in [3.8, 4) is 0 Å². The number of nitrogens with one attached hydrogen (secondary N) is 2. The Morgan fingerprint density at radius 3 is 2.20 bits per heavy atom. The molecule has 0 aromatic heterocycles. The first-order valence-corrected chi connectivity index (χ1v) is 9.47. The number of amides is 4. The Hall–Kier alpha value is -1.63. The molecule has 0 bridgehead atoms. The first-order valence-electron chi connectivity index (χ1n) is 9.47. The lowest BCUT2D eigenvalue weighted by atomic mass is 9.96. The van der Waals surface area contributed by atoms with Crippen LogP contribution >= 0.6 is 0 Å². The molecule has 0 aromatic carbocycles. The second-order valence-electron chi connectivity index (χ2n) is 7.37. The number of nitrogens with zero attached hydrogens (tertiary/aromatic N) is 2. The van der Waals surface area contributed by atoms with Crippen LogP contribution in [0.4, 0.5) is 4.79 Å². The van der Waals surface area contributed by atoms with Crippen LogP contribution in [0.3, 0.4) is 0 Å². The summed E-state index contributed by atoms with van der Waals surface area (Å²) in [4.78, 5) is 39.7. The van der Waals surface area contributed by atoms with E-state index >= 15 is 0 Å². The molecular formula is C18H32N4O3. The number of rotatable bonds is 4. The van der Waals surface area contributed by atoms with Crippen LogP contribution in [0.1, 0.15) is 58.8 Å². The second-order valence-corrected chi connectivity index (χ2v) is 7.37. The van der Waals surface area contributed by atoms with E-state index < -0.39 is 0 Å². The van der Waals surface area contributed by atoms with Crippen molar-refractivity contribution in [2.45, 2.75) is 76.9 Å². The molecule has 1 heterocycles. The van der Waals surface area contributed by atoms with E-state index in [-0.39, 0.29) is 36.0 Å². The zero-order valence-corrected chi connectivity index (χ0v) is 15.7. The zero-order valence-electron chi connectivity index (χ0n) is 15.7. The van der Waals surface area contributed by atoms with E-state index in [1.807, 2.05) is 14.0 Å². The van der Waals surface area contributed by atoms with E-state index in [0.717, 1.165) is 51.6 Å². The average molecular weight is 352 g/mol. The quantitative estimate of drug-likeness (QED) is 0.803.